The Balaban J connectivity index is 1.52. The fraction of sp³-hybridized carbons (Fsp3) is 0.400. The van der Waals surface area contributed by atoms with Crippen LogP contribution in [-0.4, -0.2) is 90.3 Å². The number of fused-ring (bicyclic) bond motifs is 1. The molecule has 4 rings (SSSR count). The van der Waals surface area contributed by atoms with Crippen LogP contribution in [0.15, 0.2) is 47.4 Å². The molecule has 2 fully saturated rings. The van der Waals surface area contributed by atoms with Crippen molar-refractivity contribution >= 4 is 68.7 Å². The Hall–Kier alpha value is -4.26. The van der Waals surface area contributed by atoms with Crippen molar-refractivity contribution < 1.29 is 60.2 Å². The first kappa shape index (κ1) is 38.5. The number of rotatable bonds is 12. The molecular weight excluding hydrogens is 736 g/mol. The first-order valence-electron chi connectivity index (χ1n) is 14.9. The van der Waals surface area contributed by atoms with Gasteiger partial charge in [0.1, 0.15) is 12.1 Å². The van der Waals surface area contributed by atoms with Gasteiger partial charge in [0.2, 0.25) is 21.8 Å². The number of sulfonamides is 1. The molecule has 1 unspecified atom stereocenters. The molecular formula is C30H29Cl2F3N4O10S. The fourth-order valence-corrected chi connectivity index (χ4v) is 7.09. The van der Waals surface area contributed by atoms with Crippen LogP contribution < -0.4 is 10.0 Å². The minimum atomic E-state index is -4.73. The summed E-state index contributed by atoms with van der Waals surface area (Å²) in [7, 11) is -4.60. The number of carbonyl (C=O) groups is 6. The molecule has 0 radical (unpaired) electrons. The maximum absolute atomic E-state index is 13.8. The van der Waals surface area contributed by atoms with E-state index in [0.29, 0.717) is 24.3 Å². The number of alkyl halides is 3. The third-order valence-electron chi connectivity index (χ3n) is 7.82. The average molecular weight is 766 g/mol. The summed E-state index contributed by atoms with van der Waals surface area (Å²) in [5.74, 6) is -5.97. The van der Waals surface area contributed by atoms with Gasteiger partial charge in [-0.15, -0.1) is 0 Å². The zero-order chi connectivity index (χ0) is 37.0. The lowest BCUT2D eigenvalue weighted by Gasteiger charge is -2.43. The van der Waals surface area contributed by atoms with Crippen LogP contribution in [0.2, 0.25) is 10.0 Å². The first-order valence-corrected chi connectivity index (χ1v) is 17.1. The molecule has 2 aromatic rings. The van der Waals surface area contributed by atoms with Gasteiger partial charge >= 0.3 is 18.1 Å². The van der Waals surface area contributed by atoms with E-state index in [-0.39, 0.29) is 47.8 Å². The van der Waals surface area contributed by atoms with Crippen molar-refractivity contribution in [3.8, 4) is 0 Å². The highest BCUT2D eigenvalue weighted by Crippen LogP contribution is 2.31. The highest BCUT2D eigenvalue weighted by molar-refractivity contribution is 7.89. The van der Waals surface area contributed by atoms with Crippen LogP contribution >= 0.6 is 23.2 Å². The molecule has 3 N–H and O–H groups in total. The Bertz CT molecular complexity index is 1770. The molecule has 2 saturated heterocycles. The summed E-state index contributed by atoms with van der Waals surface area (Å²) in [4.78, 5) is 76.9. The molecule has 0 aliphatic carbocycles. The summed E-state index contributed by atoms with van der Waals surface area (Å²) < 4.78 is 72.3. The normalized spacial score (nSPS) is 18.9. The van der Waals surface area contributed by atoms with Gasteiger partial charge < -0.3 is 15.2 Å². The minimum absolute atomic E-state index is 0.0192. The number of Topliss-reactive ketones (excluding diaryl/α,β-unsaturated/α-hetero) is 1. The van der Waals surface area contributed by atoms with Gasteiger partial charge in [0, 0.05) is 19.4 Å². The molecule has 2 heterocycles. The van der Waals surface area contributed by atoms with Gasteiger partial charge in [-0.05, 0) is 62.1 Å². The number of esters is 1. The Labute approximate surface area is 292 Å². The molecule has 3 atom stereocenters. The first-order chi connectivity index (χ1) is 23.4. The summed E-state index contributed by atoms with van der Waals surface area (Å²) in [6, 6.07) is 2.05. The number of aliphatic carboxylic acids is 1. The molecule has 3 amide bonds. The van der Waals surface area contributed by atoms with Crippen molar-refractivity contribution in [2.24, 2.45) is 0 Å². The highest BCUT2D eigenvalue weighted by atomic mass is 35.5. The lowest BCUT2D eigenvalue weighted by molar-refractivity contribution is -0.176. The van der Waals surface area contributed by atoms with E-state index >= 15 is 0 Å². The topological polar surface area (TPSA) is 197 Å². The maximum atomic E-state index is 13.8. The number of hydrazine groups is 1. The van der Waals surface area contributed by atoms with Crippen LogP contribution in [0.4, 0.5) is 13.2 Å². The summed E-state index contributed by atoms with van der Waals surface area (Å²) in [6.07, 6.45) is -6.32. The van der Waals surface area contributed by atoms with Crippen molar-refractivity contribution in [3.05, 3.63) is 63.6 Å². The van der Waals surface area contributed by atoms with Crippen LogP contribution in [0.3, 0.4) is 0 Å². The van der Waals surface area contributed by atoms with E-state index in [2.05, 4.69) is 10.0 Å². The van der Waals surface area contributed by atoms with E-state index in [1.54, 1.807) is 0 Å². The predicted octanol–water partition coefficient (Wildman–Crippen LogP) is 2.96. The van der Waals surface area contributed by atoms with E-state index in [1.807, 2.05) is 0 Å². The standard InChI is InChI=1S/C30H29Cl2F3N4O10S/c31-18-3-1-4-19(32)26(18)29(46)49-15-23(40)20(11-13-25(42)43)36-27(44)22-5-2-14-38-24(41)12-10-21(28(45)39(22)38)37-50(47,48)17-8-6-16(7-9-17)30(33,34)35/h1,3-4,6-9,20-22,37H,2,5,10-15H2,(H,36,44)(H,42,43)/t20?,21-,22-/m0/s1. The van der Waals surface area contributed by atoms with Crippen molar-refractivity contribution in [2.45, 2.75) is 67.7 Å². The minimum Gasteiger partial charge on any atom is -0.481 e. The summed E-state index contributed by atoms with van der Waals surface area (Å²) in [5, 5.41) is 13.2. The second-order valence-electron chi connectivity index (χ2n) is 11.2. The van der Waals surface area contributed by atoms with E-state index in [4.69, 9.17) is 27.9 Å². The molecule has 0 bridgehead atoms. The number of carboxylic acids is 1. The Kier molecular flexibility index (Phi) is 12.1. The predicted molar refractivity (Wildman–Crippen MR) is 167 cm³/mol. The van der Waals surface area contributed by atoms with Gasteiger partial charge in [0.15, 0.2) is 12.4 Å². The number of carboxylic acid groups (broad SMARTS) is 1. The van der Waals surface area contributed by atoms with Crippen LogP contribution in [0.25, 0.3) is 0 Å². The second-order valence-corrected chi connectivity index (χ2v) is 13.8. The van der Waals surface area contributed by atoms with Crippen LogP contribution in [0, 0.1) is 0 Å². The number of halogens is 5. The van der Waals surface area contributed by atoms with Crippen molar-refractivity contribution in [2.75, 3.05) is 13.2 Å². The van der Waals surface area contributed by atoms with Gasteiger partial charge in [-0.3, -0.25) is 29.0 Å². The summed E-state index contributed by atoms with van der Waals surface area (Å²) in [5.41, 5.74) is -1.33. The smallest absolute Gasteiger partial charge is 0.416 e. The van der Waals surface area contributed by atoms with E-state index in [1.165, 1.54) is 18.2 Å². The number of benzene rings is 2. The summed E-state index contributed by atoms with van der Waals surface area (Å²) in [6.45, 7) is -0.953. The molecule has 0 aromatic heterocycles. The average Bonchev–Trinajstić information content (AvgIpc) is 3.16. The third-order valence-corrected chi connectivity index (χ3v) is 9.94. The number of hydrogen-bond acceptors (Lipinski definition) is 9. The Morgan fingerprint density at radius 3 is 2.26 bits per heavy atom. The monoisotopic (exact) mass is 764 g/mol. The van der Waals surface area contributed by atoms with E-state index < -0.39 is 99.7 Å². The molecule has 50 heavy (non-hydrogen) atoms. The van der Waals surface area contributed by atoms with Gasteiger partial charge in [-0.25, -0.2) is 18.2 Å². The van der Waals surface area contributed by atoms with E-state index in [0.717, 1.165) is 10.0 Å². The molecule has 0 spiro atoms. The Morgan fingerprint density at radius 2 is 1.66 bits per heavy atom. The van der Waals surface area contributed by atoms with Crippen LogP contribution in [-0.2, 0) is 44.9 Å². The van der Waals surface area contributed by atoms with Crippen molar-refractivity contribution in [1.29, 1.82) is 0 Å². The highest BCUT2D eigenvalue weighted by Gasteiger charge is 2.46. The number of hydrogen-bond donors (Lipinski definition) is 3. The van der Waals surface area contributed by atoms with Gasteiger partial charge in [0.25, 0.3) is 5.91 Å². The van der Waals surface area contributed by atoms with Crippen molar-refractivity contribution in [1.82, 2.24) is 20.1 Å². The third kappa shape index (κ3) is 9.09. The zero-order valence-corrected chi connectivity index (χ0v) is 28.1. The zero-order valence-electron chi connectivity index (χ0n) is 25.7. The lowest BCUT2D eigenvalue weighted by atomic mass is 10.0. The quantitative estimate of drug-likeness (QED) is 0.270. The van der Waals surface area contributed by atoms with Crippen LogP contribution in [0.5, 0.6) is 0 Å². The molecule has 270 valence electrons. The van der Waals surface area contributed by atoms with Crippen LogP contribution in [0.1, 0.15) is 54.4 Å². The number of carbonyl (C=O) groups excluding carboxylic acids is 5. The summed E-state index contributed by atoms with van der Waals surface area (Å²) >= 11 is 12.0. The molecule has 20 heteroatoms. The SMILES string of the molecule is O=C(O)CCC(NC(=O)[C@@H]1CCCN2C(=O)CC[C@H](NS(=O)(=O)c3ccc(C(F)(F)F)cc3)C(=O)N12)C(=O)COC(=O)c1c(Cl)cccc1Cl. The van der Waals surface area contributed by atoms with Gasteiger partial charge in [-0.2, -0.15) is 17.9 Å². The van der Waals surface area contributed by atoms with Gasteiger partial charge in [-0.1, -0.05) is 29.3 Å². The fourth-order valence-electron chi connectivity index (χ4n) is 5.31. The van der Waals surface area contributed by atoms with Crippen molar-refractivity contribution in [3.63, 3.8) is 0 Å². The molecule has 2 aliphatic rings. The molecule has 2 aromatic carbocycles. The van der Waals surface area contributed by atoms with E-state index in [9.17, 15) is 55.5 Å². The maximum Gasteiger partial charge on any atom is 0.416 e. The number of nitrogens with one attached hydrogen (secondary N) is 2. The molecule has 2 aliphatic heterocycles. The number of ketones is 1. The second kappa shape index (κ2) is 15.7. The lowest BCUT2D eigenvalue weighted by Crippen LogP contribution is -2.64. The number of nitrogens with zero attached hydrogens (tertiary/aromatic N) is 2. The largest absolute Gasteiger partial charge is 0.481 e. The molecule has 14 nitrogen and oxygen atoms in total. The Morgan fingerprint density at radius 1 is 1.02 bits per heavy atom. The number of ether oxygens (including phenoxy) is 1. The van der Waals surface area contributed by atoms with Gasteiger partial charge in [0.05, 0.1) is 32.1 Å². The molecule has 0 saturated carbocycles. The number of amides is 3.